The average molecular weight is 732 g/mol. The molecule has 0 radical (unpaired) electrons. The maximum Gasteiger partial charge on any atom is 0.255 e. The third-order valence-corrected chi connectivity index (χ3v) is 12.1. The number of carbonyl (C=O) groups is 3. The summed E-state index contributed by atoms with van der Waals surface area (Å²) in [5.74, 6) is -0.0267. The zero-order valence-electron chi connectivity index (χ0n) is 29.7. The number of hydrogen-bond acceptors (Lipinski definition) is 9. The second-order valence-corrected chi connectivity index (χ2v) is 15.8. The number of nitrogens with one attached hydrogen (secondary N) is 3. The molecule has 276 valence electrons. The number of rotatable bonds is 11. The monoisotopic (exact) mass is 731 g/mol. The standard InChI is InChI=1S/C38H47ClFN9O3/c1-47-33(16-22-2-3-22)29(19-43-47)35-31(39)20-42-38(46-35)44-26-6-4-25(5-7-26)41-12-15-48-13-10-23(11-14-48)27-17-24(40)18-28-30(27)21-49(37(28)52)32-8-9-34(50)45-36(32)51/h17-20,22-23,25-26,32,41H,2-16,21H2,1H3,(H,42,44,46)(H,45,50,51)/t25-,26-,32?. The van der Waals surface area contributed by atoms with Gasteiger partial charge in [-0.1, -0.05) is 11.6 Å². The smallest absolute Gasteiger partial charge is 0.255 e. The van der Waals surface area contributed by atoms with Crippen molar-refractivity contribution in [1.82, 2.24) is 40.2 Å². The summed E-state index contributed by atoms with van der Waals surface area (Å²) in [5, 5.41) is 14.7. The molecule has 2 aliphatic carbocycles. The summed E-state index contributed by atoms with van der Waals surface area (Å²) >= 11 is 6.59. The van der Waals surface area contributed by atoms with Crippen LogP contribution in [0.25, 0.3) is 11.3 Å². The predicted octanol–water partition coefficient (Wildman–Crippen LogP) is 4.58. The first kappa shape index (κ1) is 35.1. The van der Waals surface area contributed by atoms with Gasteiger partial charge in [0.05, 0.1) is 23.1 Å². The van der Waals surface area contributed by atoms with E-state index in [4.69, 9.17) is 16.6 Å². The number of hydrogen-bond donors (Lipinski definition) is 3. The minimum absolute atomic E-state index is 0.154. The Morgan fingerprint density at radius 1 is 0.962 bits per heavy atom. The van der Waals surface area contributed by atoms with E-state index >= 15 is 0 Å². The molecule has 3 aromatic rings. The molecule has 1 aromatic carbocycles. The van der Waals surface area contributed by atoms with Gasteiger partial charge in [-0.05, 0) is 112 Å². The number of nitrogens with zero attached hydrogens (tertiary/aromatic N) is 6. The Labute approximate surface area is 308 Å². The van der Waals surface area contributed by atoms with Crippen molar-refractivity contribution in [3.63, 3.8) is 0 Å². The van der Waals surface area contributed by atoms with E-state index in [0.717, 1.165) is 99.4 Å². The van der Waals surface area contributed by atoms with Crippen molar-refractivity contribution in [1.29, 1.82) is 0 Å². The molecule has 0 bridgehead atoms. The number of piperidine rings is 2. The van der Waals surface area contributed by atoms with Gasteiger partial charge in [-0.2, -0.15) is 5.10 Å². The van der Waals surface area contributed by atoms with Crippen LogP contribution < -0.4 is 16.0 Å². The van der Waals surface area contributed by atoms with Crippen LogP contribution in [0.4, 0.5) is 10.3 Å². The number of fused-ring (bicyclic) bond motifs is 1. The zero-order chi connectivity index (χ0) is 35.9. The molecule has 1 unspecified atom stereocenters. The summed E-state index contributed by atoms with van der Waals surface area (Å²) < 4.78 is 16.8. The average Bonchev–Trinajstić information content (AvgIpc) is 3.81. The fraction of sp³-hybridized carbons (Fsp3) is 0.579. The van der Waals surface area contributed by atoms with Crippen molar-refractivity contribution in [3.05, 3.63) is 57.8 Å². The number of benzene rings is 1. The first-order valence-corrected chi connectivity index (χ1v) is 19.3. The van der Waals surface area contributed by atoms with Crippen molar-refractivity contribution < 1.29 is 18.8 Å². The van der Waals surface area contributed by atoms with Gasteiger partial charge in [0, 0.05) is 62.0 Å². The normalized spacial score (nSPS) is 24.3. The number of anilines is 1. The van der Waals surface area contributed by atoms with E-state index in [1.165, 1.54) is 29.5 Å². The number of imide groups is 1. The largest absolute Gasteiger partial charge is 0.351 e. The van der Waals surface area contributed by atoms with E-state index in [0.29, 0.717) is 35.0 Å². The molecule has 52 heavy (non-hydrogen) atoms. The summed E-state index contributed by atoms with van der Waals surface area (Å²) in [5.41, 5.74) is 4.98. The summed E-state index contributed by atoms with van der Waals surface area (Å²) in [6.07, 6.45) is 13.6. The van der Waals surface area contributed by atoms with Crippen molar-refractivity contribution in [2.24, 2.45) is 13.0 Å². The summed E-state index contributed by atoms with van der Waals surface area (Å²) in [4.78, 5) is 50.8. The van der Waals surface area contributed by atoms with Crippen LogP contribution in [0.3, 0.4) is 0 Å². The van der Waals surface area contributed by atoms with Gasteiger partial charge in [0.15, 0.2) is 0 Å². The van der Waals surface area contributed by atoms with Crippen molar-refractivity contribution in [3.8, 4) is 11.3 Å². The third-order valence-electron chi connectivity index (χ3n) is 11.8. The third kappa shape index (κ3) is 7.45. The SMILES string of the molecule is Cn1ncc(-c2nc(N[C@H]3CC[C@H](NCCN4CCC(c5cc(F)cc6c5CN(C5CCC(=O)NC5=O)C6=O)CC4)CC3)ncc2Cl)c1CC1CC1. The first-order valence-electron chi connectivity index (χ1n) is 18.9. The molecular weight excluding hydrogens is 685 g/mol. The number of amides is 3. The lowest BCUT2D eigenvalue weighted by atomic mass is 9.85. The lowest BCUT2D eigenvalue weighted by Gasteiger charge is -2.34. The molecule has 2 aromatic heterocycles. The van der Waals surface area contributed by atoms with Crippen LogP contribution in [0.1, 0.15) is 97.3 Å². The number of halogens is 2. The minimum Gasteiger partial charge on any atom is -0.351 e. The maximum absolute atomic E-state index is 14.8. The Morgan fingerprint density at radius 2 is 1.73 bits per heavy atom. The van der Waals surface area contributed by atoms with E-state index in [1.807, 2.05) is 17.9 Å². The first-order chi connectivity index (χ1) is 25.2. The molecule has 8 rings (SSSR count). The Hall–Kier alpha value is -3.94. The highest BCUT2D eigenvalue weighted by Gasteiger charge is 2.41. The molecule has 5 heterocycles. The van der Waals surface area contributed by atoms with Crippen LogP contribution in [-0.4, -0.2) is 91.6 Å². The van der Waals surface area contributed by atoms with Crippen LogP contribution in [-0.2, 0) is 29.6 Å². The Balaban J connectivity index is 0.789. The summed E-state index contributed by atoms with van der Waals surface area (Å²) in [6, 6.07) is 2.95. The van der Waals surface area contributed by atoms with Crippen LogP contribution >= 0.6 is 11.6 Å². The molecule has 0 spiro atoms. The highest BCUT2D eigenvalue weighted by Crippen LogP contribution is 2.39. The fourth-order valence-corrected chi connectivity index (χ4v) is 8.85. The lowest BCUT2D eigenvalue weighted by molar-refractivity contribution is -0.136. The molecule has 5 aliphatic rings. The van der Waals surface area contributed by atoms with Gasteiger partial charge in [0.1, 0.15) is 11.9 Å². The molecule has 4 fully saturated rings. The zero-order valence-corrected chi connectivity index (χ0v) is 30.4. The summed E-state index contributed by atoms with van der Waals surface area (Å²) in [6.45, 7) is 3.95. The fourth-order valence-electron chi connectivity index (χ4n) is 8.66. The van der Waals surface area contributed by atoms with E-state index in [1.54, 1.807) is 12.3 Å². The van der Waals surface area contributed by atoms with Crippen LogP contribution in [0.15, 0.2) is 24.5 Å². The van der Waals surface area contributed by atoms with Crippen LogP contribution in [0.2, 0.25) is 5.02 Å². The summed E-state index contributed by atoms with van der Waals surface area (Å²) in [7, 11) is 1.98. The molecule has 3 amide bonds. The molecule has 14 heteroatoms. The van der Waals surface area contributed by atoms with E-state index in [2.05, 4.69) is 30.9 Å². The number of carbonyl (C=O) groups excluding carboxylic acids is 3. The van der Waals surface area contributed by atoms with E-state index in [-0.39, 0.29) is 30.7 Å². The highest BCUT2D eigenvalue weighted by molar-refractivity contribution is 6.33. The Kier molecular flexibility index (Phi) is 10.0. The molecular formula is C38H47ClFN9O3. The Morgan fingerprint density at radius 3 is 2.48 bits per heavy atom. The van der Waals surface area contributed by atoms with Gasteiger partial charge in [-0.25, -0.2) is 14.4 Å². The minimum atomic E-state index is -0.706. The van der Waals surface area contributed by atoms with Gasteiger partial charge >= 0.3 is 0 Å². The second-order valence-electron chi connectivity index (χ2n) is 15.4. The van der Waals surface area contributed by atoms with Gasteiger partial charge < -0.3 is 20.4 Å². The lowest BCUT2D eigenvalue weighted by Crippen LogP contribution is -2.52. The quantitative estimate of drug-likeness (QED) is 0.242. The molecule has 3 aliphatic heterocycles. The van der Waals surface area contributed by atoms with E-state index < -0.39 is 17.8 Å². The van der Waals surface area contributed by atoms with Gasteiger partial charge in [-0.15, -0.1) is 0 Å². The van der Waals surface area contributed by atoms with Crippen LogP contribution in [0.5, 0.6) is 0 Å². The maximum atomic E-state index is 14.8. The highest BCUT2D eigenvalue weighted by atomic mass is 35.5. The number of aromatic nitrogens is 4. The Bertz CT molecular complexity index is 1850. The van der Waals surface area contributed by atoms with Crippen molar-refractivity contribution in [2.75, 3.05) is 31.5 Å². The molecule has 3 N–H and O–H groups in total. The molecule has 2 saturated heterocycles. The number of aryl methyl sites for hydroxylation is 1. The predicted molar refractivity (Wildman–Crippen MR) is 194 cm³/mol. The van der Waals surface area contributed by atoms with E-state index in [9.17, 15) is 18.8 Å². The number of likely N-dealkylation sites (tertiary alicyclic amines) is 1. The molecule has 1 atom stereocenters. The molecule has 2 saturated carbocycles. The van der Waals surface area contributed by atoms with Crippen molar-refractivity contribution >= 4 is 35.3 Å². The van der Waals surface area contributed by atoms with Gasteiger partial charge in [0.2, 0.25) is 17.8 Å². The molecule has 12 nitrogen and oxygen atoms in total. The second kappa shape index (κ2) is 14.8. The van der Waals surface area contributed by atoms with Gasteiger partial charge in [0.25, 0.3) is 5.91 Å². The van der Waals surface area contributed by atoms with Crippen LogP contribution in [0, 0.1) is 11.7 Å². The van der Waals surface area contributed by atoms with Crippen molar-refractivity contribution in [2.45, 2.75) is 101 Å². The van der Waals surface area contributed by atoms with Gasteiger partial charge in [-0.3, -0.25) is 24.4 Å². The topological polar surface area (TPSA) is 137 Å².